The minimum atomic E-state index is -3.34. The number of nitrogens with one attached hydrogen (secondary N) is 1. The van der Waals surface area contributed by atoms with E-state index in [9.17, 15) is 8.42 Å². The first-order chi connectivity index (χ1) is 8.66. The molecular formula is C13H19NO3S. The molecule has 1 N–H and O–H groups in total. The average Bonchev–Trinajstić information content (AvgIpc) is 2.89. The van der Waals surface area contributed by atoms with E-state index in [1.807, 2.05) is 30.3 Å². The number of sulfonamides is 1. The van der Waals surface area contributed by atoms with Gasteiger partial charge < -0.3 is 0 Å². The van der Waals surface area contributed by atoms with Gasteiger partial charge in [0.2, 0.25) is 10.0 Å². The van der Waals surface area contributed by atoms with Crippen LogP contribution in [-0.4, -0.2) is 20.3 Å². The van der Waals surface area contributed by atoms with Crippen molar-refractivity contribution < 1.29 is 13.3 Å². The summed E-state index contributed by atoms with van der Waals surface area (Å²) in [5.74, 6) is 0.0593. The Morgan fingerprint density at radius 2 is 1.83 bits per heavy atom. The Kier molecular flexibility index (Phi) is 4.74. The van der Waals surface area contributed by atoms with Crippen molar-refractivity contribution in [3.63, 3.8) is 0 Å². The Morgan fingerprint density at radius 3 is 2.50 bits per heavy atom. The Morgan fingerprint density at radius 1 is 1.17 bits per heavy atom. The Hall–Kier alpha value is -0.910. The van der Waals surface area contributed by atoms with Gasteiger partial charge in [-0.05, 0) is 24.8 Å². The highest BCUT2D eigenvalue weighted by atomic mass is 32.2. The molecule has 1 saturated carbocycles. The first-order valence-corrected chi connectivity index (χ1v) is 8.00. The maximum absolute atomic E-state index is 11.7. The van der Waals surface area contributed by atoms with Crippen LogP contribution in [0.2, 0.25) is 0 Å². The standard InChI is InChI=1S/C13H19NO3S/c15-18(16,14-17-13-8-4-5-9-13)11-10-12-6-2-1-3-7-12/h1-3,6-7,13-14H,4-5,8-11H2. The van der Waals surface area contributed by atoms with Gasteiger partial charge in [0.05, 0.1) is 11.9 Å². The first-order valence-electron chi connectivity index (χ1n) is 6.35. The highest BCUT2D eigenvalue weighted by molar-refractivity contribution is 7.89. The van der Waals surface area contributed by atoms with Gasteiger partial charge in [0.25, 0.3) is 0 Å². The maximum Gasteiger partial charge on any atom is 0.233 e. The summed E-state index contributed by atoms with van der Waals surface area (Å²) in [7, 11) is -3.34. The Bertz CT molecular complexity index is 452. The van der Waals surface area contributed by atoms with Gasteiger partial charge >= 0.3 is 0 Å². The van der Waals surface area contributed by atoms with Gasteiger partial charge in [0.1, 0.15) is 0 Å². The SMILES string of the molecule is O=S(=O)(CCc1ccccc1)NOC1CCCC1. The van der Waals surface area contributed by atoms with Gasteiger partial charge in [-0.15, -0.1) is 0 Å². The molecule has 1 aliphatic rings. The van der Waals surface area contributed by atoms with E-state index in [0.717, 1.165) is 31.2 Å². The predicted molar refractivity (Wildman–Crippen MR) is 70.4 cm³/mol. The zero-order valence-corrected chi connectivity index (χ0v) is 11.2. The molecule has 2 rings (SSSR count). The highest BCUT2D eigenvalue weighted by Gasteiger charge is 2.19. The van der Waals surface area contributed by atoms with Crippen molar-refractivity contribution in [3.05, 3.63) is 35.9 Å². The van der Waals surface area contributed by atoms with Crippen molar-refractivity contribution in [1.82, 2.24) is 4.89 Å². The molecule has 0 spiro atoms. The van der Waals surface area contributed by atoms with E-state index in [0.29, 0.717) is 6.42 Å². The molecule has 0 unspecified atom stereocenters. The lowest BCUT2D eigenvalue weighted by atomic mass is 10.2. The summed E-state index contributed by atoms with van der Waals surface area (Å²) in [5, 5.41) is 0. The Balaban J connectivity index is 1.76. The normalized spacial score (nSPS) is 17.1. The minimum absolute atomic E-state index is 0.0523. The number of hydrogen-bond donors (Lipinski definition) is 1. The third-order valence-electron chi connectivity index (χ3n) is 3.15. The van der Waals surface area contributed by atoms with E-state index in [4.69, 9.17) is 4.84 Å². The van der Waals surface area contributed by atoms with E-state index in [2.05, 4.69) is 4.89 Å². The van der Waals surface area contributed by atoms with Crippen LogP contribution in [0.15, 0.2) is 30.3 Å². The molecule has 0 bridgehead atoms. The quantitative estimate of drug-likeness (QED) is 0.804. The van der Waals surface area contributed by atoms with Crippen LogP contribution in [0.1, 0.15) is 31.2 Å². The Labute approximate surface area is 108 Å². The molecule has 0 amide bonds. The van der Waals surface area contributed by atoms with E-state index >= 15 is 0 Å². The van der Waals surface area contributed by atoms with Crippen molar-refractivity contribution in [2.75, 3.05) is 5.75 Å². The molecule has 1 fully saturated rings. The van der Waals surface area contributed by atoms with Gasteiger partial charge in [-0.3, -0.25) is 4.84 Å². The molecular weight excluding hydrogens is 250 g/mol. The topological polar surface area (TPSA) is 55.4 Å². The zero-order chi connectivity index (χ0) is 12.8. The summed E-state index contributed by atoms with van der Waals surface area (Å²) in [6.07, 6.45) is 4.69. The molecule has 4 nitrogen and oxygen atoms in total. The van der Waals surface area contributed by atoms with Crippen molar-refractivity contribution in [3.8, 4) is 0 Å². The van der Waals surface area contributed by atoms with Gasteiger partial charge in [0.15, 0.2) is 0 Å². The molecule has 0 aromatic heterocycles. The molecule has 0 atom stereocenters. The lowest BCUT2D eigenvalue weighted by molar-refractivity contribution is 0.0224. The van der Waals surface area contributed by atoms with Crippen LogP contribution >= 0.6 is 0 Å². The van der Waals surface area contributed by atoms with Gasteiger partial charge in [-0.1, -0.05) is 48.1 Å². The van der Waals surface area contributed by atoms with Gasteiger partial charge in [-0.2, -0.15) is 0 Å². The summed E-state index contributed by atoms with van der Waals surface area (Å²) < 4.78 is 23.4. The number of aryl methyl sites for hydroxylation is 1. The van der Waals surface area contributed by atoms with Crippen LogP contribution in [0, 0.1) is 0 Å². The summed E-state index contributed by atoms with van der Waals surface area (Å²) in [6, 6.07) is 9.58. The van der Waals surface area contributed by atoms with Crippen molar-refractivity contribution >= 4 is 10.0 Å². The number of benzene rings is 1. The molecule has 1 aliphatic carbocycles. The summed E-state index contributed by atoms with van der Waals surface area (Å²) in [5.41, 5.74) is 1.02. The summed E-state index contributed by atoms with van der Waals surface area (Å²) in [6.45, 7) is 0. The largest absolute Gasteiger partial charge is 0.284 e. The monoisotopic (exact) mass is 269 g/mol. The van der Waals surface area contributed by atoms with Crippen LogP contribution in [0.25, 0.3) is 0 Å². The lowest BCUT2D eigenvalue weighted by Gasteiger charge is -2.11. The summed E-state index contributed by atoms with van der Waals surface area (Å²) >= 11 is 0. The van der Waals surface area contributed by atoms with Gasteiger partial charge in [0, 0.05) is 0 Å². The number of rotatable bonds is 6. The van der Waals surface area contributed by atoms with Crippen LogP contribution in [0.5, 0.6) is 0 Å². The second-order valence-electron chi connectivity index (χ2n) is 4.66. The molecule has 100 valence electrons. The first kappa shape index (κ1) is 13.5. The highest BCUT2D eigenvalue weighted by Crippen LogP contribution is 2.20. The molecule has 1 aromatic carbocycles. The molecule has 0 aliphatic heterocycles. The number of hydrogen-bond acceptors (Lipinski definition) is 3. The third kappa shape index (κ3) is 4.40. The zero-order valence-electron chi connectivity index (χ0n) is 10.3. The molecule has 1 aromatic rings. The third-order valence-corrected chi connectivity index (χ3v) is 4.24. The summed E-state index contributed by atoms with van der Waals surface area (Å²) in [4.78, 5) is 7.46. The molecule has 5 heteroatoms. The van der Waals surface area contributed by atoms with Crippen LogP contribution in [0.4, 0.5) is 0 Å². The van der Waals surface area contributed by atoms with Crippen molar-refractivity contribution in [2.45, 2.75) is 38.2 Å². The predicted octanol–water partition coefficient (Wildman–Crippen LogP) is 2.02. The van der Waals surface area contributed by atoms with E-state index in [1.54, 1.807) is 0 Å². The maximum atomic E-state index is 11.7. The van der Waals surface area contributed by atoms with Crippen LogP contribution in [0.3, 0.4) is 0 Å². The molecule has 18 heavy (non-hydrogen) atoms. The average molecular weight is 269 g/mol. The fourth-order valence-corrected chi connectivity index (χ4v) is 2.96. The van der Waals surface area contributed by atoms with E-state index < -0.39 is 10.0 Å². The lowest BCUT2D eigenvalue weighted by Crippen LogP contribution is -2.31. The molecule has 0 heterocycles. The van der Waals surface area contributed by atoms with Crippen LogP contribution in [-0.2, 0) is 21.3 Å². The van der Waals surface area contributed by atoms with E-state index in [1.165, 1.54) is 0 Å². The molecule has 0 radical (unpaired) electrons. The fraction of sp³-hybridized carbons (Fsp3) is 0.538. The van der Waals surface area contributed by atoms with Crippen molar-refractivity contribution in [2.24, 2.45) is 0 Å². The molecule has 0 saturated heterocycles. The van der Waals surface area contributed by atoms with Crippen LogP contribution < -0.4 is 4.89 Å². The van der Waals surface area contributed by atoms with E-state index in [-0.39, 0.29) is 11.9 Å². The van der Waals surface area contributed by atoms with Gasteiger partial charge in [-0.25, -0.2) is 8.42 Å². The smallest absolute Gasteiger partial charge is 0.233 e. The minimum Gasteiger partial charge on any atom is -0.284 e. The van der Waals surface area contributed by atoms with Crippen molar-refractivity contribution in [1.29, 1.82) is 0 Å². The second-order valence-corrected chi connectivity index (χ2v) is 6.47. The second kappa shape index (κ2) is 6.31. The fourth-order valence-electron chi connectivity index (χ4n) is 2.09.